The van der Waals surface area contributed by atoms with Crippen LogP contribution in [-0.4, -0.2) is 35.9 Å². The lowest BCUT2D eigenvalue weighted by Gasteiger charge is -2.23. The number of thiazole rings is 1. The molecule has 0 saturated carbocycles. The standard InChI is InChI=1S/C23H26N2O2S2/c1-16-5-8-19(9-6-16)28-13-11-22(26)25(15-18-4-3-12-27-18)23-24-20-10-7-17(2)14-21(20)29-23/h5-10,14,18H,3-4,11-13,15H2,1-2H3. The minimum absolute atomic E-state index is 0.109. The highest BCUT2D eigenvalue weighted by molar-refractivity contribution is 7.99. The number of aromatic nitrogens is 1. The molecule has 1 atom stereocenters. The number of fused-ring (bicyclic) bond motifs is 1. The molecule has 4 rings (SSSR count). The van der Waals surface area contributed by atoms with Gasteiger partial charge in [0.25, 0.3) is 0 Å². The number of thioether (sulfide) groups is 1. The van der Waals surface area contributed by atoms with Gasteiger partial charge in [-0.25, -0.2) is 4.98 Å². The van der Waals surface area contributed by atoms with Crippen molar-refractivity contribution in [3.63, 3.8) is 0 Å². The van der Waals surface area contributed by atoms with Gasteiger partial charge in [0.2, 0.25) is 5.91 Å². The monoisotopic (exact) mass is 426 g/mol. The molecule has 4 nitrogen and oxygen atoms in total. The summed E-state index contributed by atoms with van der Waals surface area (Å²) in [7, 11) is 0. The fourth-order valence-electron chi connectivity index (χ4n) is 3.44. The van der Waals surface area contributed by atoms with Crippen LogP contribution in [0.4, 0.5) is 5.13 Å². The second kappa shape index (κ2) is 9.28. The molecule has 0 bridgehead atoms. The number of aryl methyl sites for hydroxylation is 2. The maximum atomic E-state index is 13.1. The van der Waals surface area contributed by atoms with Crippen molar-refractivity contribution in [3.8, 4) is 0 Å². The van der Waals surface area contributed by atoms with Crippen molar-refractivity contribution in [2.75, 3.05) is 23.8 Å². The molecule has 2 aromatic carbocycles. The lowest BCUT2D eigenvalue weighted by Crippen LogP contribution is -2.37. The topological polar surface area (TPSA) is 42.4 Å². The average Bonchev–Trinajstić information content (AvgIpc) is 3.36. The molecule has 0 N–H and O–H groups in total. The predicted octanol–water partition coefficient (Wildman–Crippen LogP) is 5.61. The Labute approximate surface area is 180 Å². The summed E-state index contributed by atoms with van der Waals surface area (Å²) >= 11 is 3.32. The highest BCUT2D eigenvalue weighted by atomic mass is 32.2. The van der Waals surface area contributed by atoms with Gasteiger partial charge < -0.3 is 4.74 Å². The molecule has 2 heterocycles. The fraction of sp³-hybridized carbons (Fsp3) is 0.391. The van der Waals surface area contributed by atoms with E-state index in [1.54, 1.807) is 23.1 Å². The second-order valence-corrected chi connectivity index (χ2v) is 9.70. The Morgan fingerprint density at radius 2 is 2.00 bits per heavy atom. The van der Waals surface area contributed by atoms with E-state index in [9.17, 15) is 4.79 Å². The number of nitrogens with zero attached hydrogens (tertiary/aromatic N) is 2. The van der Waals surface area contributed by atoms with E-state index >= 15 is 0 Å². The smallest absolute Gasteiger partial charge is 0.229 e. The minimum atomic E-state index is 0.109. The summed E-state index contributed by atoms with van der Waals surface area (Å²) in [5.74, 6) is 0.879. The van der Waals surface area contributed by atoms with Gasteiger partial charge in [-0.1, -0.05) is 35.1 Å². The molecule has 1 unspecified atom stereocenters. The number of rotatable bonds is 7. The van der Waals surface area contributed by atoms with Crippen LogP contribution in [0.5, 0.6) is 0 Å². The largest absolute Gasteiger partial charge is 0.376 e. The molecular formula is C23H26N2O2S2. The third kappa shape index (κ3) is 5.18. The van der Waals surface area contributed by atoms with Crippen LogP contribution >= 0.6 is 23.1 Å². The number of hydrogen-bond donors (Lipinski definition) is 0. The number of benzene rings is 2. The summed E-state index contributed by atoms with van der Waals surface area (Å²) in [6.07, 6.45) is 2.67. The van der Waals surface area contributed by atoms with Crippen molar-refractivity contribution in [1.29, 1.82) is 0 Å². The van der Waals surface area contributed by atoms with E-state index in [0.717, 1.165) is 40.5 Å². The molecule has 0 aliphatic carbocycles. The van der Waals surface area contributed by atoms with E-state index in [-0.39, 0.29) is 12.0 Å². The average molecular weight is 427 g/mol. The molecule has 1 saturated heterocycles. The Morgan fingerprint density at radius 1 is 1.21 bits per heavy atom. The maximum absolute atomic E-state index is 13.1. The van der Waals surface area contributed by atoms with Gasteiger partial charge in [-0.2, -0.15) is 0 Å². The fourth-order valence-corrected chi connectivity index (χ4v) is 5.37. The zero-order valence-electron chi connectivity index (χ0n) is 16.9. The first-order valence-electron chi connectivity index (χ1n) is 10.1. The van der Waals surface area contributed by atoms with Gasteiger partial charge in [-0.3, -0.25) is 9.69 Å². The van der Waals surface area contributed by atoms with Gasteiger partial charge in [0.15, 0.2) is 5.13 Å². The predicted molar refractivity (Wildman–Crippen MR) is 122 cm³/mol. The van der Waals surface area contributed by atoms with Crippen LogP contribution in [0.2, 0.25) is 0 Å². The van der Waals surface area contributed by atoms with E-state index in [1.807, 2.05) is 11.0 Å². The van der Waals surface area contributed by atoms with Crippen molar-refractivity contribution in [1.82, 2.24) is 4.98 Å². The van der Waals surface area contributed by atoms with Crippen LogP contribution < -0.4 is 4.90 Å². The maximum Gasteiger partial charge on any atom is 0.229 e. The van der Waals surface area contributed by atoms with E-state index < -0.39 is 0 Å². The van der Waals surface area contributed by atoms with Crippen LogP contribution in [-0.2, 0) is 9.53 Å². The first-order chi connectivity index (χ1) is 14.1. The molecule has 1 aliphatic rings. The molecule has 3 aromatic rings. The lowest BCUT2D eigenvalue weighted by atomic mass is 10.2. The molecule has 1 fully saturated rings. The Balaban J connectivity index is 1.47. The zero-order valence-corrected chi connectivity index (χ0v) is 18.5. The summed E-state index contributed by atoms with van der Waals surface area (Å²) in [6, 6.07) is 14.7. The molecule has 1 amide bonds. The first-order valence-corrected chi connectivity index (χ1v) is 11.9. The van der Waals surface area contributed by atoms with Gasteiger partial charge in [0, 0.05) is 23.7 Å². The highest BCUT2D eigenvalue weighted by Gasteiger charge is 2.26. The van der Waals surface area contributed by atoms with Crippen molar-refractivity contribution in [3.05, 3.63) is 53.6 Å². The third-order valence-electron chi connectivity index (χ3n) is 5.08. The van der Waals surface area contributed by atoms with Crippen molar-refractivity contribution >= 4 is 44.4 Å². The van der Waals surface area contributed by atoms with Gasteiger partial charge in [0.1, 0.15) is 0 Å². The SMILES string of the molecule is Cc1ccc(SCCC(=O)N(CC2CCCO2)c2nc3ccc(C)cc3s2)cc1. The van der Waals surface area contributed by atoms with E-state index in [2.05, 4.69) is 50.2 Å². The molecule has 1 aromatic heterocycles. The molecule has 6 heteroatoms. The van der Waals surface area contributed by atoms with Crippen molar-refractivity contribution < 1.29 is 9.53 Å². The Hall–Kier alpha value is -1.89. The van der Waals surface area contributed by atoms with Crippen LogP contribution in [0.15, 0.2) is 47.4 Å². The molecule has 1 aliphatic heterocycles. The molecular weight excluding hydrogens is 400 g/mol. The Kier molecular flexibility index (Phi) is 6.53. The number of anilines is 1. The molecule has 152 valence electrons. The lowest BCUT2D eigenvalue weighted by molar-refractivity contribution is -0.118. The van der Waals surface area contributed by atoms with Crippen LogP contribution in [0, 0.1) is 13.8 Å². The molecule has 0 spiro atoms. The quantitative estimate of drug-likeness (QED) is 0.461. The summed E-state index contributed by atoms with van der Waals surface area (Å²) in [4.78, 5) is 20.9. The number of hydrogen-bond acceptors (Lipinski definition) is 5. The second-order valence-electron chi connectivity index (χ2n) is 7.52. The normalized spacial score (nSPS) is 16.4. The van der Waals surface area contributed by atoms with Crippen LogP contribution in [0.1, 0.15) is 30.4 Å². The summed E-state index contributed by atoms with van der Waals surface area (Å²) in [6.45, 7) is 5.54. The van der Waals surface area contributed by atoms with Gasteiger partial charge in [-0.15, -0.1) is 11.8 Å². The number of carbonyl (C=O) groups is 1. The first kappa shape index (κ1) is 20.4. The van der Waals surface area contributed by atoms with Gasteiger partial charge >= 0.3 is 0 Å². The van der Waals surface area contributed by atoms with E-state index in [4.69, 9.17) is 9.72 Å². The van der Waals surface area contributed by atoms with Crippen LogP contribution in [0.3, 0.4) is 0 Å². The summed E-state index contributed by atoms with van der Waals surface area (Å²) in [5, 5.41) is 0.784. The number of carbonyl (C=O) groups excluding carboxylic acids is 1. The van der Waals surface area contributed by atoms with Crippen LogP contribution in [0.25, 0.3) is 10.2 Å². The van der Waals surface area contributed by atoms with Crippen molar-refractivity contribution in [2.24, 2.45) is 0 Å². The third-order valence-corrected chi connectivity index (χ3v) is 7.14. The summed E-state index contributed by atoms with van der Waals surface area (Å²) in [5.41, 5.74) is 3.41. The zero-order chi connectivity index (χ0) is 20.2. The number of amides is 1. The van der Waals surface area contributed by atoms with E-state index in [1.165, 1.54) is 16.0 Å². The van der Waals surface area contributed by atoms with Gasteiger partial charge in [-0.05, 0) is 56.5 Å². The number of ether oxygens (including phenoxy) is 1. The summed E-state index contributed by atoms with van der Waals surface area (Å²) < 4.78 is 6.94. The highest BCUT2D eigenvalue weighted by Crippen LogP contribution is 2.31. The van der Waals surface area contributed by atoms with Crippen molar-refractivity contribution in [2.45, 2.75) is 44.1 Å². The van der Waals surface area contributed by atoms with Gasteiger partial charge in [0.05, 0.1) is 22.9 Å². The molecule has 29 heavy (non-hydrogen) atoms. The van der Waals surface area contributed by atoms with E-state index in [0.29, 0.717) is 13.0 Å². The minimum Gasteiger partial charge on any atom is -0.376 e. The molecule has 0 radical (unpaired) electrons. The Morgan fingerprint density at radius 3 is 2.76 bits per heavy atom. The Bertz CT molecular complexity index is 978.